The SMILES string of the molecule is [2H]C([2H])([2H])C([2H])(n1nc(Br)nc1Oc1ccc(F)c(Cl)c1)C([2H])([2H])[2H].[2H]C([2H])([2H])C([2H])(n1nc(CC2[C@@H]3CC[C@H]2CN(c2cc(C)ncn2)C3)nc1Oc1ccc(F)c(Cl)c1)C([2H])([2H])[2H]. The van der Waals surface area contributed by atoms with Crippen LogP contribution in [-0.2, 0) is 6.42 Å². The standard InChI is InChI=1S/C24H28ClFN6O.C11H10BrClFN3O/c1-14(2)32-24(33-18-6-7-21(26)20(25)9-18)29-22(30-32)10-19-16-4-5-17(19)12-31(11-16)23-8-15(3)27-13-28-23;1-6(2)17-11(15-10(12)16-17)18-7-3-4-9(14)8(13)5-7/h6-9,13-14,16-17,19H,4-5,10-12H2,1-3H3;3-6H,1-2H3/t16-,17+,19?;/i1D3,2D3,14D;1D3,2D3,6D. The second-order valence-corrected chi connectivity index (χ2v) is 13.3. The van der Waals surface area contributed by atoms with E-state index in [1.54, 1.807) is 6.33 Å². The summed E-state index contributed by atoms with van der Waals surface area (Å²) >= 11 is 14.4. The van der Waals surface area contributed by atoms with Gasteiger partial charge >= 0.3 is 12.0 Å². The van der Waals surface area contributed by atoms with Gasteiger partial charge in [0.25, 0.3) is 0 Å². The summed E-state index contributed by atoms with van der Waals surface area (Å²) in [6.07, 6.45) is 3.87. The highest BCUT2D eigenvalue weighted by Crippen LogP contribution is 2.44. The van der Waals surface area contributed by atoms with Gasteiger partial charge in [-0.05, 0) is 105 Å². The number of aryl methyl sites for hydroxylation is 1. The first-order valence-electron chi connectivity index (χ1n) is 22.3. The zero-order chi connectivity index (χ0) is 48.2. The summed E-state index contributed by atoms with van der Waals surface area (Å²) in [5, 5.41) is 7.37. The second-order valence-electron chi connectivity index (χ2n) is 11.7. The van der Waals surface area contributed by atoms with E-state index in [-0.39, 0.29) is 49.9 Å². The Morgan fingerprint density at radius 2 is 1.43 bits per heavy atom. The number of ether oxygens (including phenoxy) is 2. The first-order chi connectivity index (χ1) is 29.9. The topological polar surface area (TPSA) is 109 Å². The molecule has 270 valence electrons. The van der Waals surface area contributed by atoms with Crippen LogP contribution >= 0.6 is 39.1 Å². The van der Waals surface area contributed by atoms with Crippen LogP contribution in [0.5, 0.6) is 23.5 Å². The maximum absolute atomic E-state index is 13.7. The summed E-state index contributed by atoms with van der Waals surface area (Å²) in [7, 11) is 0. The largest absolute Gasteiger partial charge is 0.424 e. The van der Waals surface area contributed by atoms with E-state index in [4.69, 9.17) is 51.9 Å². The van der Waals surface area contributed by atoms with Crippen molar-refractivity contribution in [2.75, 3.05) is 18.0 Å². The van der Waals surface area contributed by atoms with Gasteiger partial charge in [-0.25, -0.2) is 28.1 Å². The van der Waals surface area contributed by atoms with E-state index in [1.165, 1.54) is 12.1 Å². The number of halogens is 5. The Labute approximate surface area is 333 Å². The lowest BCUT2D eigenvalue weighted by molar-refractivity contribution is 0.264. The van der Waals surface area contributed by atoms with Crippen molar-refractivity contribution >= 4 is 44.9 Å². The summed E-state index contributed by atoms with van der Waals surface area (Å²) in [6, 6.07) is 1.18. The van der Waals surface area contributed by atoms with Crippen LogP contribution in [0.1, 0.15) is 83.0 Å². The highest BCUT2D eigenvalue weighted by molar-refractivity contribution is 9.10. The molecule has 1 saturated heterocycles. The minimum absolute atomic E-state index is 0.0152. The molecule has 1 unspecified atom stereocenters. The van der Waals surface area contributed by atoms with Gasteiger partial charge in [0.2, 0.25) is 4.73 Å². The smallest absolute Gasteiger partial charge is 0.321 e. The first-order valence-corrected chi connectivity index (χ1v) is 16.9. The molecule has 5 aromatic rings. The molecule has 16 heteroatoms. The summed E-state index contributed by atoms with van der Waals surface area (Å²) < 4.78 is 148. The zero-order valence-corrected chi connectivity index (χ0v) is 29.7. The molecule has 2 bridgehead atoms. The third-order valence-electron chi connectivity index (χ3n) is 8.36. The Balaban J connectivity index is 0.000000241. The van der Waals surface area contributed by atoms with E-state index in [2.05, 4.69) is 51.0 Å². The van der Waals surface area contributed by atoms with Crippen molar-refractivity contribution in [3.8, 4) is 23.5 Å². The van der Waals surface area contributed by atoms with Crippen LogP contribution in [0.25, 0.3) is 0 Å². The Kier molecular flexibility index (Phi) is 7.10. The van der Waals surface area contributed by atoms with Crippen molar-refractivity contribution in [3.05, 3.63) is 86.7 Å². The number of benzene rings is 2. The Morgan fingerprint density at radius 3 is 1.98 bits per heavy atom. The molecular formula is C35H38BrCl2F2N9O2. The van der Waals surface area contributed by atoms with Gasteiger partial charge < -0.3 is 14.4 Å². The van der Waals surface area contributed by atoms with Gasteiger partial charge in [0.15, 0.2) is 5.82 Å². The van der Waals surface area contributed by atoms with Gasteiger partial charge in [0.05, 0.1) is 24.8 Å². The second kappa shape index (κ2) is 15.8. The minimum Gasteiger partial charge on any atom is -0.424 e. The van der Waals surface area contributed by atoms with Crippen molar-refractivity contribution in [3.63, 3.8) is 0 Å². The van der Waals surface area contributed by atoms with Crippen molar-refractivity contribution in [2.45, 2.75) is 65.6 Å². The molecule has 2 aliphatic rings. The molecule has 4 heterocycles. The van der Waals surface area contributed by atoms with Crippen LogP contribution < -0.4 is 14.4 Å². The Bertz CT molecular complexity index is 2480. The predicted molar refractivity (Wildman–Crippen MR) is 194 cm³/mol. The third kappa shape index (κ3) is 8.78. The van der Waals surface area contributed by atoms with Gasteiger partial charge in [0.1, 0.15) is 35.3 Å². The number of rotatable bonds is 9. The summed E-state index contributed by atoms with van der Waals surface area (Å²) in [6.45, 7) is -9.76. The number of anilines is 1. The lowest BCUT2D eigenvalue weighted by atomic mass is 9.82. The van der Waals surface area contributed by atoms with Crippen LogP contribution in [0.2, 0.25) is 10.0 Å². The lowest BCUT2D eigenvalue weighted by Gasteiger charge is -2.38. The number of nitrogens with zero attached hydrogens (tertiary/aromatic N) is 9. The van der Waals surface area contributed by atoms with Crippen molar-refractivity contribution in [1.82, 2.24) is 39.5 Å². The summed E-state index contributed by atoms with van der Waals surface area (Å²) in [5.41, 5.74) is 0.881. The molecule has 2 aromatic carbocycles. The molecule has 1 aliphatic heterocycles. The van der Waals surface area contributed by atoms with Crippen molar-refractivity contribution in [1.29, 1.82) is 0 Å². The monoisotopic (exact) mass is 817 g/mol. The average Bonchev–Trinajstić information content (AvgIpc) is 3.82. The Morgan fingerprint density at radius 1 is 0.863 bits per heavy atom. The molecule has 11 nitrogen and oxygen atoms in total. The van der Waals surface area contributed by atoms with E-state index < -0.39 is 63.1 Å². The van der Waals surface area contributed by atoms with E-state index in [0.717, 1.165) is 61.7 Å². The zero-order valence-electron chi connectivity index (χ0n) is 40.6. The van der Waals surface area contributed by atoms with Gasteiger partial charge in [-0.1, -0.05) is 23.2 Å². The average molecular weight is 820 g/mol. The maximum atomic E-state index is 13.7. The van der Waals surface area contributed by atoms with Crippen LogP contribution in [0.3, 0.4) is 0 Å². The molecule has 7 rings (SSSR count). The molecule has 1 saturated carbocycles. The quantitative estimate of drug-likeness (QED) is 0.144. The molecule has 2 fully saturated rings. The third-order valence-corrected chi connectivity index (χ3v) is 9.27. The number of fused-ring (bicyclic) bond motifs is 2. The number of aromatic nitrogens is 8. The molecule has 3 aromatic heterocycles. The molecular weight excluding hydrogens is 767 g/mol. The van der Waals surface area contributed by atoms with Gasteiger partial charge in [-0.3, -0.25) is 0 Å². The molecule has 0 radical (unpaired) electrons. The molecule has 0 amide bonds. The minimum atomic E-state index is -3.32. The molecule has 0 N–H and O–H groups in total. The molecule has 51 heavy (non-hydrogen) atoms. The predicted octanol–water partition coefficient (Wildman–Crippen LogP) is 9.45. The number of piperidine rings is 1. The van der Waals surface area contributed by atoms with Crippen LogP contribution in [0, 0.1) is 36.3 Å². The molecule has 1 aliphatic carbocycles. The fraction of sp³-hybridized carbons (Fsp3) is 0.429. The van der Waals surface area contributed by atoms with E-state index in [1.807, 2.05) is 13.0 Å². The first kappa shape index (κ1) is 22.9. The Hall–Kier alpha value is -3.88. The highest BCUT2D eigenvalue weighted by Gasteiger charge is 2.43. The highest BCUT2D eigenvalue weighted by atomic mass is 79.9. The van der Waals surface area contributed by atoms with E-state index >= 15 is 0 Å². The number of hydrogen-bond acceptors (Lipinski definition) is 9. The molecule has 0 spiro atoms. The van der Waals surface area contributed by atoms with Crippen molar-refractivity contribution in [2.24, 2.45) is 17.8 Å². The molecule has 3 atom stereocenters. The van der Waals surface area contributed by atoms with Gasteiger partial charge in [-0.15, -0.1) is 5.10 Å². The fourth-order valence-corrected chi connectivity index (χ4v) is 6.74. The number of hydrogen-bond donors (Lipinski definition) is 0. The van der Waals surface area contributed by atoms with Crippen molar-refractivity contribution < 1.29 is 37.4 Å². The summed E-state index contributed by atoms with van der Waals surface area (Å²) in [5.74, 6) is 0.286. The normalized spacial score (nSPS) is 23.7. The lowest BCUT2D eigenvalue weighted by Crippen LogP contribution is -2.43. The van der Waals surface area contributed by atoms with Gasteiger partial charge in [0, 0.05) is 59.9 Å². The van der Waals surface area contributed by atoms with E-state index in [0.29, 0.717) is 15.8 Å². The van der Waals surface area contributed by atoms with Crippen LogP contribution in [0.15, 0.2) is 53.5 Å². The van der Waals surface area contributed by atoms with E-state index in [9.17, 15) is 8.78 Å². The van der Waals surface area contributed by atoms with Crippen LogP contribution in [0.4, 0.5) is 14.6 Å². The maximum Gasteiger partial charge on any atom is 0.321 e. The fourth-order valence-electron chi connectivity index (χ4n) is 6.09. The summed E-state index contributed by atoms with van der Waals surface area (Å²) in [4.78, 5) is 18.9. The van der Waals surface area contributed by atoms with Crippen LogP contribution in [-0.4, -0.2) is 52.6 Å². The van der Waals surface area contributed by atoms with Gasteiger partial charge in [-0.2, -0.15) is 15.1 Å².